The zero-order chi connectivity index (χ0) is 13.9. The van der Waals surface area contributed by atoms with E-state index in [4.69, 9.17) is 10.5 Å². The fourth-order valence-corrected chi connectivity index (χ4v) is 3.22. The number of nitrogens with two attached hydrogens (primary N) is 1. The summed E-state index contributed by atoms with van der Waals surface area (Å²) in [5.41, 5.74) is 8.03. The molecular formula is C16H14FNOS. The van der Waals surface area contributed by atoms with Crippen LogP contribution in [0.1, 0.15) is 11.1 Å². The summed E-state index contributed by atoms with van der Waals surface area (Å²) in [5.74, 6) is 0.409. The SMILES string of the molecule is NCc1cccc2c(COc3ccc(F)cc3)csc12. The van der Waals surface area contributed by atoms with Crippen molar-refractivity contribution in [3.63, 3.8) is 0 Å². The zero-order valence-electron chi connectivity index (χ0n) is 10.8. The highest BCUT2D eigenvalue weighted by Gasteiger charge is 2.07. The minimum absolute atomic E-state index is 0.258. The van der Waals surface area contributed by atoms with Gasteiger partial charge in [0.2, 0.25) is 0 Å². The standard InChI is InChI=1S/C16H14FNOS/c17-13-4-6-14(7-5-13)19-9-12-10-20-16-11(8-18)2-1-3-15(12)16/h1-7,10H,8-9,18H2. The highest BCUT2D eigenvalue weighted by atomic mass is 32.1. The molecule has 1 aromatic heterocycles. The molecule has 0 spiro atoms. The molecule has 0 atom stereocenters. The summed E-state index contributed by atoms with van der Waals surface area (Å²) in [5, 5.41) is 3.27. The largest absolute Gasteiger partial charge is 0.489 e. The summed E-state index contributed by atoms with van der Waals surface area (Å²) < 4.78 is 19.7. The molecule has 0 aliphatic heterocycles. The third-order valence-electron chi connectivity index (χ3n) is 3.19. The van der Waals surface area contributed by atoms with Gasteiger partial charge in [0.15, 0.2) is 0 Å². The van der Waals surface area contributed by atoms with E-state index >= 15 is 0 Å². The molecule has 0 saturated carbocycles. The van der Waals surface area contributed by atoms with Gasteiger partial charge in [-0.05, 0) is 40.6 Å². The van der Waals surface area contributed by atoms with Crippen LogP contribution in [0.5, 0.6) is 5.75 Å². The summed E-state index contributed by atoms with van der Waals surface area (Å²) in [6.07, 6.45) is 0. The van der Waals surface area contributed by atoms with Crippen LogP contribution in [0, 0.1) is 5.82 Å². The Morgan fingerprint density at radius 1 is 1.05 bits per heavy atom. The number of hydrogen-bond donors (Lipinski definition) is 1. The lowest BCUT2D eigenvalue weighted by Gasteiger charge is -2.06. The van der Waals surface area contributed by atoms with Gasteiger partial charge in [-0.15, -0.1) is 11.3 Å². The van der Waals surface area contributed by atoms with Gasteiger partial charge in [-0.25, -0.2) is 4.39 Å². The number of halogens is 1. The molecule has 0 radical (unpaired) electrons. The molecule has 2 aromatic carbocycles. The average molecular weight is 287 g/mol. The molecule has 3 aromatic rings. The van der Waals surface area contributed by atoms with Crippen molar-refractivity contribution in [2.45, 2.75) is 13.2 Å². The normalized spacial score (nSPS) is 10.9. The van der Waals surface area contributed by atoms with Gasteiger partial charge in [-0.1, -0.05) is 18.2 Å². The molecule has 102 valence electrons. The van der Waals surface area contributed by atoms with Crippen LogP contribution in [0.2, 0.25) is 0 Å². The smallest absolute Gasteiger partial charge is 0.123 e. The summed E-state index contributed by atoms with van der Waals surface area (Å²) in [6, 6.07) is 12.2. The summed E-state index contributed by atoms with van der Waals surface area (Å²) >= 11 is 1.68. The lowest BCUT2D eigenvalue weighted by atomic mass is 10.1. The lowest BCUT2D eigenvalue weighted by molar-refractivity contribution is 0.307. The Morgan fingerprint density at radius 2 is 1.85 bits per heavy atom. The number of hydrogen-bond acceptors (Lipinski definition) is 3. The van der Waals surface area contributed by atoms with E-state index in [1.54, 1.807) is 23.5 Å². The maximum Gasteiger partial charge on any atom is 0.123 e. The molecule has 3 rings (SSSR count). The third-order valence-corrected chi connectivity index (χ3v) is 4.31. The minimum Gasteiger partial charge on any atom is -0.489 e. The van der Waals surface area contributed by atoms with Crippen molar-refractivity contribution in [3.05, 3.63) is 64.8 Å². The average Bonchev–Trinajstić information content (AvgIpc) is 2.90. The zero-order valence-corrected chi connectivity index (χ0v) is 11.6. The molecule has 2 nitrogen and oxygen atoms in total. The van der Waals surface area contributed by atoms with Crippen LogP contribution in [0.25, 0.3) is 10.1 Å². The van der Waals surface area contributed by atoms with Crippen molar-refractivity contribution in [2.75, 3.05) is 0 Å². The van der Waals surface area contributed by atoms with Gasteiger partial charge >= 0.3 is 0 Å². The van der Waals surface area contributed by atoms with Crippen LogP contribution >= 0.6 is 11.3 Å². The van der Waals surface area contributed by atoms with Crippen LogP contribution in [0.3, 0.4) is 0 Å². The van der Waals surface area contributed by atoms with Crippen LogP contribution < -0.4 is 10.5 Å². The third kappa shape index (κ3) is 2.53. The van der Waals surface area contributed by atoms with Crippen LogP contribution in [0.4, 0.5) is 4.39 Å². The Balaban J connectivity index is 1.83. The molecule has 2 N–H and O–H groups in total. The molecule has 0 saturated heterocycles. The van der Waals surface area contributed by atoms with Gasteiger partial charge in [0.1, 0.15) is 18.2 Å². The Morgan fingerprint density at radius 3 is 2.60 bits per heavy atom. The number of fused-ring (bicyclic) bond motifs is 1. The first kappa shape index (κ1) is 13.1. The number of ether oxygens (including phenoxy) is 1. The van der Waals surface area contributed by atoms with Crippen molar-refractivity contribution in [1.82, 2.24) is 0 Å². The molecule has 20 heavy (non-hydrogen) atoms. The van der Waals surface area contributed by atoms with E-state index in [0.717, 1.165) is 11.1 Å². The Bertz CT molecular complexity index is 721. The predicted octanol–water partition coefficient (Wildman–Crippen LogP) is 4.08. The van der Waals surface area contributed by atoms with Crippen molar-refractivity contribution in [3.8, 4) is 5.75 Å². The molecule has 1 heterocycles. The Labute approximate surface area is 120 Å². The molecule has 4 heteroatoms. The van der Waals surface area contributed by atoms with Crippen LogP contribution in [-0.4, -0.2) is 0 Å². The Kier molecular flexibility index (Phi) is 3.67. The van der Waals surface area contributed by atoms with Gasteiger partial charge in [0.05, 0.1) is 0 Å². The second kappa shape index (κ2) is 5.61. The van der Waals surface area contributed by atoms with E-state index in [9.17, 15) is 4.39 Å². The van der Waals surface area contributed by atoms with Crippen molar-refractivity contribution in [2.24, 2.45) is 5.73 Å². The van der Waals surface area contributed by atoms with Gasteiger partial charge < -0.3 is 10.5 Å². The summed E-state index contributed by atoms with van der Waals surface area (Å²) in [6.45, 7) is 1.01. The fraction of sp³-hybridized carbons (Fsp3) is 0.125. The van der Waals surface area contributed by atoms with E-state index in [0.29, 0.717) is 18.9 Å². The van der Waals surface area contributed by atoms with Crippen LogP contribution in [0.15, 0.2) is 47.8 Å². The van der Waals surface area contributed by atoms with Gasteiger partial charge in [-0.3, -0.25) is 0 Å². The van der Waals surface area contributed by atoms with Crippen LogP contribution in [-0.2, 0) is 13.2 Å². The molecular weight excluding hydrogens is 273 g/mol. The maximum absolute atomic E-state index is 12.8. The van der Waals surface area contributed by atoms with Crippen molar-refractivity contribution >= 4 is 21.4 Å². The quantitative estimate of drug-likeness (QED) is 0.784. The van der Waals surface area contributed by atoms with Crippen molar-refractivity contribution in [1.29, 1.82) is 0 Å². The molecule has 0 unspecified atom stereocenters. The van der Waals surface area contributed by atoms with E-state index in [1.807, 2.05) is 12.1 Å². The second-order valence-corrected chi connectivity index (χ2v) is 5.38. The van der Waals surface area contributed by atoms with Gasteiger partial charge in [-0.2, -0.15) is 0 Å². The van der Waals surface area contributed by atoms with E-state index in [2.05, 4.69) is 11.4 Å². The lowest BCUT2D eigenvalue weighted by Crippen LogP contribution is -1.97. The van der Waals surface area contributed by atoms with Crippen molar-refractivity contribution < 1.29 is 9.13 Å². The van der Waals surface area contributed by atoms with Gasteiger partial charge in [0.25, 0.3) is 0 Å². The van der Waals surface area contributed by atoms with E-state index < -0.39 is 0 Å². The number of thiophene rings is 1. The monoisotopic (exact) mass is 287 g/mol. The number of rotatable bonds is 4. The van der Waals surface area contributed by atoms with E-state index in [-0.39, 0.29) is 5.82 Å². The Hall–Kier alpha value is -1.91. The summed E-state index contributed by atoms with van der Waals surface area (Å²) in [7, 11) is 0. The summed E-state index contributed by atoms with van der Waals surface area (Å²) in [4.78, 5) is 0. The minimum atomic E-state index is -0.258. The first-order valence-electron chi connectivity index (χ1n) is 6.34. The first-order chi connectivity index (χ1) is 9.78. The highest BCUT2D eigenvalue weighted by molar-refractivity contribution is 7.17. The predicted molar refractivity (Wildman–Crippen MR) is 80.4 cm³/mol. The molecule has 0 aliphatic rings. The fourth-order valence-electron chi connectivity index (χ4n) is 2.13. The second-order valence-electron chi connectivity index (χ2n) is 4.50. The number of benzene rings is 2. The molecule has 0 aliphatic carbocycles. The first-order valence-corrected chi connectivity index (χ1v) is 7.22. The molecule has 0 amide bonds. The topological polar surface area (TPSA) is 35.2 Å². The highest BCUT2D eigenvalue weighted by Crippen LogP contribution is 2.29. The molecule has 0 fully saturated rings. The molecule has 0 bridgehead atoms. The van der Waals surface area contributed by atoms with E-state index in [1.165, 1.54) is 22.2 Å². The van der Waals surface area contributed by atoms with Gasteiger partial charge in [0, 0.05) is 16.8 Å². The maximum atomic E-state index is 12.8.